The molecule has 1 aliphatic heterocycles. The second-order valence-corrected chi connectivity index (χ2v) is 9.63. The van der Waals surface area contributed by atoms with Gasteiger partial charge in [-0.15, -0.1) is 0 Å². The fourth-order valence-corrected chi connectivity index (χ4v) is 4.94. The number of anilines is 1. The van der Waals surface area contributed by atoms with Crippen molar-refractivity contribution in [3.8, 4) is 0 Å². The number of hydrogen-bond donors (Lipinski definition) is 0. The van der Waals surface area contributed by atoms with Crippen LogP contribution in [0.3, 0.4) is 0 Å². The van der Waals surface area contributed by atoms with Crippen LogP contribution in [0.1, 0.15) is 24.7 Å². The number of aryl methyl sites for hydroxylation is 2. The van der Waals surface area contributed by atoms with Crippen molar-refractivity contribution in [1.82, 2.24) is 13.9 Å². The number of halogens is 1. The topological polar surface area (TPSA) is 58.4 Å². The minimum atomic E-state index is -3.53. The van der Waals surface area contributed by atoms with Gasteiger partial charge >= 0.3 is 0 Å². The molecule has 154 valence electrons. The number of imidazole rings is 1. The van der Waals surface area contributed by atoms with E-state index in [1.54, 1.807) is 24.3 Å². The first-order chi connectivity index (χ1) is 13.8. The number of hydrogen-bond acceptors (Lipinski definition) is 4. The van der Waals surface area contributed by atoms with Crippen LogP contribution in [0.2, 0.25) is 0 Å². The summed E-state index contributed by atoms with van der Waals surface area (Å²) < 4.78 is 42.7. The first kappa shape index (κ1) is 19.8. The zero-order valence-corrected chi connectivity index (χ0v) is 17.7. The van der Waals surface area contributed by atoms with E-state index in [0.29, 0.717) is 24.3 Å². The maximum atomic E-state index is 14.5. The summed E-state index contributed by atoms with van der Waals surface area (Å²) in [5, 5.41) is 0. The number of nitrogens with zero attached hydrogens (tertiary/aromatic N) is 4. The molecule has 0 atom stereocenters. The van der Waals surface area contributed by atoms with Crippen LogP contribution in [0.4, 0.5) is 10.1 Å². The summed E-state index contributed by atoms with van der Waals surface area (Å²) in [5.74, 6) is 0.596. The molecule has 0 amide bonds. The van der Waals surface area contributed by atoms with Gasteiger partial charge in [0.25, 0.3) is 0 Å². The lowest BCUT2D eigenvalue weighted by molar-refractivity contribution is 0.521. The number of rotatable bonds is 5. The molecular weight excluding hydrogens is 391 g/mol. The van der Waals surface area contributed by atoms with E-state index >= 15 is 0 Å². The minimum absolute atomic E-state index is 0.208. The number of benzene rings is 2. The summed E-state index contributed by atoms with van der Waals surface area (Å²) in [6, 6.07) is 10.3. The molecule has 0 fully saturated rings. The van der Waals surface area contributed by atoms with Gasteiger partial charge in [0.15, 0.2) is 0 Å². The summed E-state index contributed by atoms with van der Waals surface area (Å²) in [5.41, 5.74) is 3.20. The van der Waals surface area contributed by atoms with E-state index in [4.69, 9.17) is 4.98 Å². The maximum Gasteiger partial charge on any atom is 0.242 e. The van der Waals surface area contributed by atoms with Crippen LogP contribution in [0.15, 0.2) is 41.3 Å². The van der Waals surface area contributed by atoms with Crippen molar-refractivity contribution >= 4 is 26.7 Å². The Bertz CT molecular complexity index is 1170. The number of para-hydroxylation sites is 1. The standard InChI is InChI=1S/C21H25FN4O2S/c1-4-26-19-11-10-16(29(27,28)24(2)3)13-18(19)23-20(26)14-25-12-6-8-15-7-5-9-17(22)21(15)25/h5,7,9-11,13H,4,6,8,12,14H2,1-3H3. The van der Waals surface area contributed by atoms with Crippen molar-refractivity contribution in [2.45, 2.75) is 37.8 Å². The van der Waals surface area contributed by atoms with Crippen LogP contribution in [0.5, 0.6) is 0 Å². The van der Waals surface area contributed by atoms with E-state index in [2.05, 4.69) is 4.57 Å². The fourth-order valence-electron chi connectivity index (χ4n) is 4.02. The SMILES string of the molecule is CCn1c(CN2CCCc3cccc(F)c32)nc2cc(S(=O)(=O)N(C)C)ccc21. The van der Waals surface area contributed by atoms with Gasteiger partial charge in [0.1, 0.15) is 11.6 Å². The zero-order valence-electron chi connectivity index (χ0n) is 16.9. The second-order valence-electron chi connectivity index (χ2n) is 7.48. The van der Waals surface area contributed by atoms with E-state index in [0.717, 1.165) is 36.3 Å². The molecule has 2 aromatic carbocycles. The maximum absolute atomic E-state index is 14.5. The normalized spacial score (nSPS) is 14.6. The lowest BCUT2D eigenvalue weighted by atomic mass is 10.0. The monoisotopic (exact) mass is 416 g/mol. The molecule has 0 unspecified atom stereocenters. The van der Waals surface area contributed by atoms with Crippen molar-refractivity contribution in [3.63, 3.8) is 0 Å². The van der Waals surface area contributed by atoms with Crippen LogP contribution in [-0.2, 0) is 29.5 Å². The summed E-state index contributed by atoms with van der Waals surface area (Å²) in [6.45, 7) is 3.97. The van der Waals surface area contributed by atoms with Gasteiger partial charge < -0.3 is 9.47 Å². The average Bonchev–Trinajstić information content (AvgIpc) is 3.04. The number of sulfonamides is 1. The molecule has 29 heavy (non-hydrogen) atoms. The van der Waals surface area contributed by atoms with Crippen LogP contribution < -0.4 is 4.90 Å². The Balaban J connectivity index is 1.76. The van der Waals surface area contributed by atoms with Crippen LogP contribution in [-0.4, -0.2) is 42.9 Å². The summed E-state index contributed by atoms with van der Waals surface area (Å²) in [4.78, 5) is 6.99. The van der Waals surface area contributed by atoms with E-state index in [1.807, 2.05) is 17.9 Å². The zero-order chi connectivity index (χ0) is 20.8. The van der Waals surface area contributed by atoms with Crippen molar-refractivity contribution in [3.05, 3.63) is 53.6 Å². The third-order valence-corrected chi connectivity index (χ3v) is 7.30. The Kier molecular flexibility index (Phi) is 5.08. The van der Waals surface area contributed by atoms with Gasteiger partial charge in [-0.05, 0) is 49.6 Å². The molecule has 0 radical (unpaired) electrons. The highest BCUT2D eigenvalue weighted by atomic mass is 32.2. The Morgan fingerprint density at radius 1 is 1.21 bits per heavy atom. The summed E-state index contributed by atoms with van der Waals surface area (Å²) in [7, 11) is -0.504. The fraction of sp³-hybridized carbons (Fsp3) is 0.381. The molecule has 2 heterocycles. The van der Waals surface area contributed by atoms with Crippen LogP contribution in [0, 0.1) is 5.82 Å². The molecule has 1 aliphatic rings. The van der Waals surface area contributed by atoms with Crippen LogP contribution in [0.25, 0.3) is 11.0 Å². The molecule has 6 nitrogen and oxygen atoms in total. The lowest BCUT2D eigenvalue weighted by Gasteiger charge is -2.31. The molecule has 0 N–H and O–H groups in total. The predicted molar refractivity (Wildman–Crippen MR) is 112 cm³/mol. The Labute approximate surface area is 170 Å². The molecule has 8 heteroatoms. The molecule has 0 saturated heterocycles. The molecule has 0 aliphatic carbocycles. The van der Waals surface area contributed by atoms with Gasteiger partial charge in [-0.25, -0.2) is 22.1 Å². The third-order valence-electron chi connectivity index (χ3n) is 5.49. The highest BCUT2D eigenvalue weighted by Gasteiger charge is 2.24. The third kappa shape index (κ3) is 3.40. The highest BCUT2D eigenvalue weighted by Crippen LogP contribution is 2.31. The highest BCUT2D eigenvalue weighted by molar-refractivity contribution is 7.89. The summed E-state index contributed by atoms with van der Waals surface area (Å²) >= 11 is 0. The molecule has 0 saturated carbocycles. The van der Waals surface area contributed by atoms with Crippen molar-refractivity contribution in [2.24, 2.45) is 0 Å². The van der Waals surface area contributed by atoms with Gasteiger partial charge in [0.05, 0.1) is 28.2 Å². The molecule has 0 spiro atoms. The predicted octanol–water partition coefficient (Wildman–Crippen LogP) is 3.40. The molecule has 3 aromatic rings. The number of aromatic nitrogens is 2. The molecule has 1 aromatic heterocycles. The Morgan fingerprint density at radius 3 is 2.72 bits per heavy atom. The van der Waals surface area contributed by atoms with Crippen molar-refractivity contribution in [1.29, 1.82) is 0 Å². The second kappa shape index (κ2) is 7.42. The van der Waals surface area contributed by atoms with Gasteiger partial charge in [0.2, 0.25) is 10.0 Å². The van der Waals surface area contributed by atoms with Gasteiger partial charge in [-0.3, -0.25) is 0 Å². The smallest absolute Gasteiger partial charge is 0.242 e. The van der Waals surface area contributed by atoms with Crippen LogP contribution >= 0.6 is 0 Å². The minimum Gasteiger partial charge on any atom is -0.361 e. The quantitative estimate of drug-likeness (QED) is 0.640. The average molecular weight is 417 g/mol. The largest absolute Gasteiger partial charge is 0.361 e. The molecular formula is C21H25FN4O2S. The number of fused-ring (bicyclic) bond motifs is 2. The molecule has 0 bridgehead atoms. The first-order valence-electron chi connectivity index (χ1n) is 9.77. The van der Waals surface area contributed by atoms with E-state index in [9.17, 15) is 12.8 Å². The van der Waals surface area contributed by atoms with Gasteiger partial charge in [-0.1, -0.05) is 12.1 Å². The summed E-state index contributed by atoms with van der Waals surface area (Å²) in [6.07, 6.45) is 1.84. The van der Waals surface area contributed by atoms with E-state index < -0.39 is 10.0 Å². The van der Waals surface area contributed by atoms with E-state index in [1.165, 1.54) is 24.5 Å². The molecule has 4 rings (SSSR count). The van der Waals surface area contributed by atoms with Crippen molar-refractivity contribution in [2.75, 3.05) is 25.5 Å². The Morgan fingerprint density at radius 2 is 2.00 bits per heavy atom. The van der Waals surface area contributed by atoms with Gasteiger partial charge in [-0.2, -0.15) is 0 Å². The van der Waals surface area contributed by atoms with E-state index in [-0.39, 0.29) is 10.7 Å². The first-order valence-corrected chi connectivity index (χ1v) is 11.2. The van der Waals surface area contributed by atoms with Crippen molar-refractivity contribution < 1.29 is 12.8 Å². The lowest BCUT2D eigenvalue weighted by Crippen LogP contribution is -2.31. The van der Waals surface area contributed by atoms with Gasteiger partial charge in [0, 0.05) is 27.2 Å². The Hall–Kier alpha value is -2.45.